The highest BCUT2D eigenvalue weighted by atomic mass is 19.2. The number of fused-ring (bicyclic) bond motifs is 1. The minimum atomic E-state index is -0.931. The van der Waals surface area contributed by atoms with Crippen molar-refractivity contribution in [1.82, 2.24) is 0 Å². The Morgan fingerprint density at radius 2 is 1.80 bits per heavy atom. The van der Waals surface area contributed by atoms with E-state index in [4.69, 9.17) is 10.2 Å². The maximum atomic E-state index is 13.8. The molecule has 0 amide bonds. The Morgan fingerprint density at radius 3 is 2.55 bits per heavy atom. The first-order chi connectivity index (χ1) is 9.59. The lowest BCUT2D eigenvalue weighted by Gasteiger charge is -2.11. The van der Waals surface area contributed by atoms with Crippen LogP contribution in [0.15, 0.2) is 46.9 Å². The molecule has 0 bridgehead atoms. The highest BCUT2D eigenvalue weighted by Crippen LogP contribution is 2.32. The maximum absolute atomic E-state index is 13.8. The van der Waals surface area contributed by atoms with Crippen LogP contribution in [-0.2, 0) is 0 Å². The van der Waals surface area contributed by atoms with Crippen LogP contribution < -0.4 is 5.73 Å². The van der Waals surface area contributed by atoms with E-state index in [9.17, 15) is 8.78 Å². The molecule has 0 radical (unpaired) electrons. The monoisotopic (exact) mass is 273 g/mol. The van der Waals surface area contributed by atoms with E-state index in [-0.39, 0.29) is 5.56 Å². The molecule has 102 valence electrons. The fourth-order valence-corrected chi connectivity index (χ4v) is 2.39. The number of hydrogen-bond donors (Lipinski definition) is 1. The van der Waals surface area contributed by atoms with Crippen LogP contribution in [0.4, 0.5) is 8.78 Å². The molecule has 0 spiro atoms. The molecular formula is C16H13F2NO. The molecule has 20 heavy (non-hydrogen) atoms. The second kappa shape index (κ2) is 4.72. The van der Waals surface area contributed by atoms with Gasteiger partial charge in [-0.3, -0.25) is 0 Å². The van der Waals surface area contributed by atoms with Crippen molar-refractivity contribution >= 4 is 11.0 Å². The Morgan fingerprint density at radius 1 is 1.05 bits per heavy atom. The second-order valence-electron chi connectivity index (χ2n) is 4.71. The van der Waals surface area contributed by atoms with Crippen LogP contribution >= 0.6 is 0 Å². The normalized spacial score (nSPS) is 12.8. The van der Waals surface area contributed by atoms with Crippen LogP contribution in [0.25, 0.3) is 11.0 Å². The summed E-state index contributed by atoms with van der Waals surface area (Å²) in [7, 11) is 0. The van der Waals surface area contributed by atoms with Crippen LogP contribution in [0, 0.1) is 18.6 Å². The first kappa shape index (κ1) is 12.8. The van der Waals surface area contributed by atoms with Gasteiger partial charge in [0, 0.05) is 16.5 Å². The van der Waals surface area contributed by atoms with E-state index in [0.717, 1.165) is 17.0 Å². The Balaban J connectivity index is 2.15. The molecule has 3 rings (SSSR count). The summed E-state index contributed by atoms with van der Waals surface area (Å²) in [5, 5.41) is 0.926. The van der Waals surface area contributed by atoms with Crippen molar-refractivity contribution in [3.8, 4) is 0 Å². The zero-order chi connectivity index (χ0) is 14.3. The molecule has 1 aromatic heterocycles. The van der Waals surface area contributed by atoms with Crippen LogP contribution in [0.5, 0.6) is 0 Å². The van der Waals surface area contributed by atoms with Crippen LogP contribution in [-0.4, -0.2) is 0 Å². The van der Waals surface area contributed by atoms with E-state index in [1.807, 2.05) is 31.2 Å². The second-order valence-corrected chi connectivity index (χ2v) is 4.71. The number of para-hydroxylation sites is 1. The molecule has 4 heteroatoms. The minimum absolute atomic E-state index is 0.0900. The summed E-state index contributed by atoms with van der Waals surface area (Å²) in [5.41, 5.74) is 7.67. The van der Waals surface area contributed by atoms with Gasteiger partial charge in [0.05, 0.1) is 6.04 Å². The number of aryl methyl sites for hydroxylation is 1. The average molecular weight is 273 g/mol. The first-order valence-corrected chi connectivity index (χ1v) is 6.27. The van der Waals surface area contributed by atoms with Gasteiger partial charge >= 0.3 is 0 Å². The first-order valence-electron chi connectivity index (χ1n) is 6.27. The number of rotatable bonds is 2. The minimum Gasteiger partial charge on any atom is -0.459 e. The van der Waals surface area contributed by atoms with Crippen molar-refractivity contribution in [2.75, 3.05) is 0 Å². The van der Waals surface area contributed by atoms with E-state index < -0.39 is 17.7 Å². The van der Waals surface area contributed by atoms with E-state index >= 15 is 0 Å². The largest absolute Gasteiger partial charge is 0.459 e. The summed E-state index contributed by atoms with van der Waals surface area (Å²) in [6, 6.07) is 10.6. The number of hydrogen-bond acceptors (Lipinski definition) is 2. The van der Waals surface area contributed by atoms with Gasteiger partial charge in [-0.25, -0.2) is 8.78 Å². The third-order valence-corrected chi connectivity index (χ3v) is 3.48. The lowest BCUT2D eigenvalue weighted by atomic mass is 10.0. The van der Waals surface area contributed by atoms with Crippen LogP contribution in [0.3, 0.4) is 0 Å². The van der Waals surface area contributed by atoms with Crippen LogP contribution in [0.1, 0.15) is 22.9 Å². The molecule has 2 nitrogen and oxygen atoms in total. The molecule has 1 heterocycles. The predicted octanol–water partition coefficient (Wildman–Crippen LogP) is 4.07. The van der Waals surface area contributed by atoms with Gasteiger partial charge in [-0.05, 0) is 19.1 Å². The molecule has 0 saturated heterocycles. The molecule has 2 N–H and O–H groups in total. The molecule has 0 aliphatic rings. The van der Waals surface area contributed by atoms with Gasteiger partial charge < -0.3 is 10.2 Å². The summed E-state index contributed by atoms with van der Waals surface area (Å²) in [5.74, 6) is -1.39. The summed E-state index contributed by atoms with van der Waals surface area (Å²) >= 11 is 0. The van der Waals surface area contributed by atoms with Crippen molar-refractivity contribution in [2.45, 2.75) is 13.0 Å². The SMILES string of the molecule is Cc1c(C(N)c2cccc(F)c2F)oc2ccccc12. The van der Waals surface area contributed by atoms with Crippen molar-refractivity contribution in [2.24, 2.45) is 5.73 Å². The fraction of sp³-hybridized carbons (Fsp3) is 0.125. The van der Waals surface area contributed by atoms with Crippen molar-refractivity contribution < 1.29 is 13.2 Å². The van der Waals surface area contributed by atoms with Gasteiger partial charge in [-0.15, -0.1) is 0 Å². The Labute approximate surface area is 114 Å². The fourth-order valence-electron chi connectivity index (χ4n) is 2.39. The molecule has 1 unspecified atom stereocenters. The molecule has 1 atom stereocenters. The Hall–Kier alpha value is -2.20. The summed E-state index contributed by atoms with van der Waals surface area (Å²) in [6.45, 7) is 1.86. The number of benzene rings is 2. The van der Waals surface area contributed by atoms with Gasteiger partial charge in [-0.1, -0.05) is 30.3 Å². The Bertz CT molecular complexity index is 779. The van der Waals surface area contributed by atoms with E-state index in [0.29, 0.717) is 11.3 Å². The van der Waals surface area contributed by atoms with Gasteiger partial charge in [0.2, 0.25) is 0 Å². The van der Waals surface area contributed by atoms with Gasteiger partial charge in [0.1, 0.15) is 11.3 Å². The molecule has 0 aliphatic heterocycles. The lowest BCUT2D eigenvalue weighted by Crippen LogP contribution is -2.14. The Kier molecular flexibility index (Phi) is 3.03. The standard InChI is InChI=1S/C16H13F2NO/c1-9-10-5-2-3-8-13(10)20-16(9)15(19)11-6-4-7-12(17)14(11)18/h2-8,15H,19H2,1H3. The zero-order valence-electron chi connectivity index (χ0n) is 10.9. The third-order valence-electron chi connectivity index (χ3n) is 3.48. The average Bonchev–Trinajstić information content (AvgIpc) is 2.79. The zero-order valence-corrected chi connectivity index (χ0v) is 10.9. The van der Waals surface area contributed by atoms with Gasteiger partial charge in [0.25, 0.3) is 0 Å². The molecular weight excluding hydrogens is 260 g/mol. The molecule has 0 saturated carbocycles. The molecule has 0 aliphatic carbocycles. The van der Waals surface area contributed by atoms with E-state index in [1.165, 1.54) is 12.1 Å². The summed E-state index contributed by atoms with van der Waals surface area (Å²) < 4.78 is 32.8. The number of halogens is 2. The van der Waals surface area contributed by atoms with E-state index in [1.54, 1.807) is 0 Å². The maximum Gasteiger partial charge on any atom is 0.164 e. The van der Waals surface area contributed by atoms with Crippen molar-refractivity contribution in [1.29, 1.82) is 0 Å². The quantitative estimate of drug-likeness (QED) is 0.764. The highest BCUT2D eigenvalue weighted by Gasteiger charge is 2.22. The van der Waals surface area contributed by atoms with E-state index in [2.05, 4.69) is 0 Å². The lowest BCUT2D eigenvalue weighted by molar-refractivity contribution is 0.474. The smallest absolute Gasteiger partial charge is 0.164 e. The van der Waals surface area contributed by atoms with Crippen molar-refractivity contribution in [3.63, 3.8) is 0 Å². The highest BCUT2D eigenvalue weighted by molar-refractivity contribution is 5.82. The van der Waals surface area contributed by atoms with Gasteiger partial charge in [-0.2, -0.15) is 0 Å². The molecule has 2 aromatic carbocycles. The summed E-state index contributed by atoms with van der Waals surface area (Å²) in [4.78, 5) is 0. The molecule has 0 fully saturated rings. The number of furan rings is 1. The van der Waals surface area contributed by atoms with Crippen molar-refractivity contribution in [3.05, 3.63) is 71.0 Å². The molecule has 3 aromatic rings. The predicted molar refractivity (Wildman–Crippen MR) is 73.3 cm³/mol. The van der Waals surface area contributed by atoms with Gasteiger partial charge in [0.15, 0.2) is 11.6 Å². The van der Waals surface area contributed by atoms with Crippen LogP contribution in [0.2, 0.25) is 0 Å². The number of nitrogens with two attached hydrogens (primary N) is 1. The topological polar surface area (TPSA) is 39.2 Å². The third kappa shape index (κ3) is 1.89. The summed E-state index contributed by atoms with van der Waals surface area (Å²) in [6.07, 6.45) is 0.